The van der Waals surface area contributed by atoms with Crippen LogP contribution < -0.4 is 10.6 Å². The Balaban J connectivity index is 1.52. The topological polar surface area (TPSA) is 61.4 Å². The summed E-state index contributed by atoms with van der Waals surface area (Å²) in [6.45, 7) is 0. The molecule has 3 aliphatic rings. The number of hydrogen-bond donors (Lipinski definition) is 3. The molecule has 3 atom stereocenters. The summed E-state index contributed by atoms with van der Waals surface area (Å²) in [6, 6.07) is 1.23. The van der Waals surface area contributed by atoms with Gasteiger partial charge in [-0.25, -0.2) is 0 Å². The van der Waals surface area contributed by atoms with Gasteiger partial charge >= 0.3 is 0 Å². The van der Waals surface area contributed by atoms with Crippen molar-refractivity contribution in [2.45, 2.75) is 56.3 Å². The van der Waals surface area contributed by atoms with Crippen LogP contribution in [0.2, 0.25) is 0 Å². The molecule has 3 rings (SSSR count). The van der Waals surface area contributed by atoms with E-state index in [9.17, 15) is 4.79 Å². The zero-order chi connectivity index (χ0) is 10.4. The molecule has 15 heavy (non-hydrogen) atoms. The number of hydrogen-bond acceptors (Lipinski definition) is 3. The molecule has 3 N–H and O–H groups in total. The molecule has 0 aromatic carbocycles. The fourth-order valence-corrected chi connectivity index (χ4v) is 3.13. The van der Waals surface area contributed by atoms with Gasteiger partial charge in [0.1, 0.15) is 0 Å². The van der Waals surface area contributed by atoms with Crippen LogP contribution in [0.1, 0.15) is 32.1 Å². The Bertz CT molecular complexity index is 276. The highest BCUT2D eigenvalue weighted by Crippen LogP contribution is 2.33. The van der Waals surface area contributed by atoms with Crippen LogP contribution in [0.4, 0.5) is 0 Å². The Morgan fingerprint density at radius 2 is 2.07 bits per heavy atom. The molecule has 3 fully saturated rings. The lowest BCUT2D eigenvalue weighted by molar-refractivity contribution is -0.127. The Kier molecular flexibility index (Phi) is 2.21. The third-order valence-electron chi connectivity index (χ3n) is 4.10. The number of amides is 1. The predicted molar refractivity (Wildman–Crippen MR) is 55.2 cm³/mol. The van der Waals surface area contributed by atoms with E-state index in [4.69, 9.17) is 5.11 Å². The molecule has 4 heteroatoms. The van der Waals surface area contributed by atoms with E-state index in [-0.39, 0.29) is 24.0 Å². The van der Waals surface area contributed by atoms with E-state index in [2.05, 4.69) is 10.6 Å². The van der Waals surface area contributed by atoms with E-state index in [1.54, 1.807) is 0 Å². The van der Waals surface area contributed by atoms with Gasteiger partial charge < -0.3 is 15.7 Å². The van der Waals surface area contributed by atoms with Crippen molar-refractivity contribution < 1.29 is 9.90 Å². The first kappa shape index (κ1) is 9.60. The summed E-state index contributed by atoms with van der Waals surface area (Å²) in [6.07, 6.45) is 4.67. The molecule has 0 spiro atoms. The maximum atomic E-state index is 11.9. The number of carbonyl (C=O) groups is 1. The molecule has 1 amide bonds. The summed E-state index contributed by atoms with van der Waals surface area (Å²) in [5, 5.41) is 15.6. The maximum Gasteiger partial charge on any atom is 0.224 e. The van der Waals surface area contributed by atoms with Crippen LogP contribution in [-0.2, 0) is 4.79 Å². The quantitative estimate of drug-likeness (QED) is 0.590. The first-order chi connectivity index (χ1) is 7.22. The highest BCUT2D eigenvalue weighted by Gasteiger charge is 2.43. The van der Waals surface area contributed by atoms with Gasteiger partial charge in [0.25, 0.3) is 0 Å². The van der Waals surface area contributed by atoms with Gasteiger partial charge in [-0.2, -0.15) is 0 Å². The second-order valence-corrected chi connectivity index (χ2v) is 5.22. The van der Waals surface area contributed by atoms with E-state index in [0.29, 0.717) is 12.1 Å². The van der Waals surface area contributed by atoms with E-state index in [1.165, 1.54) is 6.42 Å². The molecular weight excluding hydrogens is 192 g/mol. The van der Waals surface area contributed by atoms with Crippen LogP contribution in [0, 0.1) is 5.92 Å². The SMILES string of the molecule is O=C(NC1CC(O)C1)C1CC2CCC1N2. The normalized spacial score (nSPS) is 47.7. The van der Waals surface area contributed by atoms with E-state index in [1.807, 2.05) is 0 Å². The predicted octanol–water partition coefficient (Wildman–Crippen LogP) is -0.234. The second-order valence-electron chi connectivity index (χ2n) is 5.22. The summed E-state index contributed by atoms with van der Waals surface area (Å²) in [7, 11) is 0. The van der Waals surface area contributed by atoms with Crippen molar-refractivity contribution in [3.63, 3.8) is 0 Å². The molecule has 1 saturated carbocycles. The zero-order valence-electron chi connectivity index (χ0n) is 8.78. The minimum Gasteiger partial charge on any atom is -0.393 e. The lowest BCUT2D eigenvalue weighted by Gasteiger charge is -2.33. The molecule has 2 heterocycles. The molecule has 4 nitrogen and oxygen atoms in total. The van der Waals surface area contributed by atoms with Gasteiger partial charge in [-0.1, -0.05) is 0 Å². The summed E-state index contributed by atoms with van der Waals surface area (Å²) < 4.78 is 0. The van der Waals surface area contributed by atoms with Gasteiger partial charge in [0, 0.05) is 18.1 Å². The van der Waals surface area contributed by atoms with Crippen LogP contribution >= 0.6 is 0 Å². The van der Waals surface area contributed by atoms with Crippen LogP contribution in [0.15, 0.2) is 0 Å². The molecule has 0 aromatic heterocycles. The lowest BCUT2D eigenvalue weighted by Crippen LogP contribution is -2.50. The van der Waals surface area contributed by atoms with E-state index in [0.717, 1.165) is 25.7 Å². The van der Waals surface area contributed by atoms with Crippen LogP contribution in [0.5, 0.6) is 0 Å². The summed E-state index contributed by atoms with van der Waals surface area (Å²) in [5.41, 5.74) is 0. The van der Waals surface area contributed by atoms with Gasteiger partial charge in [0.15, 0.2) is 0 Å². The average Bonchev–Trinajstić information content (AvgIpc) is 2.75. The van der Waals surface area contributed by atoms with Crippen molar-refractivity contribution >= 4 is 5.91 Å². The monoisotopic (exact) mass is 210 g/mol. The number of carbonyl (C=O) groups excluding carboxylic acids is 1. The first-order valence-electron chi connectivity index (χ1n) is 5.97. The number of rotatable bonds is 2. The van der Waals surface area contributed by atoms with E-state index < -0.39 is 0 Å². The molecule has 0 aromatic rings. The summed E-state index contributed by atoms with van der Waals surface area (Å²) in [4.78, 5) is 11.9. The molecule has 2 saturated heterocycles. The number of fused-ring (bicyclic) bond motifs is 2. The van der Waals surface area contributed by atoms with Gasteiger partial charge in [0.2, 0.25) is 5.91 Å². The van der Waals surface area contributed by atoms with Crippen molar-refractivity contribution in [3.8, 4) is 0 Å². The smallest absolute Gasteiger partial charge is 0.224 e. The first-order valence-corrected chi connectivity index (χ1v) is 5.97. The Labute approximate surface area is 89.4 Å². The van der Waals surface area contributed by atoms with Crippen molar-refractivity contribution in [3.05, 3.63) is 0 Å². The number of nitrogens with one attached hydrogen (secondary N) is 2. The van der Waals surface area contributed by atoms with Crippen molar-refractivity contribution in [1.29, 1.82) is 0 Å². The highest BCUT2D eigenvalue weighted by atomic mass is 16.3. The Morgan fingerprint density at radius 3 is 2.60 bits per heavy atom. The van der Waals surface area contributed by atoms with E-state index >= 15 is 0 Å². The molecule has 1 aliphatic carbocycles. The van der Waals surface area contributed by atoms with Crippen LogP contribution in [0.3, 0.4) is 0 Å². The minimum atomic E-state index is -0.187. The molecule has 2 aliphatic heterocycles. The third kappa shape index (κ3) is 1.66. The fraction of sp³-hybridized carbons (Fsp3) is 0.909. The van der Waals surface area contributed by atoms with Gasteiger partial charge in [-0.15, -0.1) is 0 Å². The third-order valence-corrected chi connectivity index (χ3v) is 4.10. The number of aliphatic hydroxyl groups excluding tert-OH is 1. The lowest BCUT2D eigenvalue weighted by atomic mass is 9.86. The van der Waals surface area contributed by atoms with Crippen molar-refractivity contribution in [2.75, 3.05) is 0 Å². The van der Waals surface area contributed by atoms with Gasteiger partial charge in [-0.05, 0) is 32.1 Å². The average molecular weight is 210 g/mol. The minimum absolute atomic E-state index is 0.182. The van der Waals surface area contributed by atoms with Crippen LogP contribution in [-0.4, -0.2) is 35.2 Å². The molecular formula is C11H18N2O2. The van der Waals surface area contributed by atoms with Crippen molar-refractivity contribution in [1.82, 2.24) is 10.6 Å². The Hall–Kier alpha value is -0.610. The standard InChI is InChI=1S/C11H18N2O2/c14-8-3-7(4-8)13-11(15)9-5-6-1-2-10(9)12-6/h6-10,12,14H,1-5H2,(H,13,15). The second kappa shape index (κ2) is 3.46. The fourth-order valence-electron chi connectivity index (χ4n) is 3.13. The highest BCUT2D eigenvalue weighted by molar-refractivity contribution is 5.80. The van der Waals surface area contributed by atoms with Crippen molar-refractivity contribution in [2.24, 2.45) is 5.92 Å². The molecule has 2 bridgehead atoms. The molecule has 3 unspecified atom stereocenters. The zero-order valence-corrected chi connectivity index (χ0v) is 8.78. The summed E-state index contributed by atoms with van der Waals surface area (Å²) in [5.74, 6) is 0.382. The summed E-state index contributed by atoms with van der Waals surface area (Å²) >= 11 is 0. The van der Waals surface area contributed by atoms with Crippen LogP contribution in [0.25, 0.3) is 0 Å². The van der Waals surface area contributed by atoms with Gasteiger partial charge in [0.05, 0.1) is 12.0 Å². The molecule has 84 valence electrons. The number of aliphatic hydroxyl groups is 1. The maximum absolute atomic E-state index is 11.9. The van der Waals surface area contributed by atoms with Gasteiger partial charge in [-0.3, -0.25) is 4.79 Å². The molecule has 0 radical (unpaired) electrons. The Morgan fingerprint density at radius 1 is 1.27 bits per heavy atom. The largest absolute Gasteiger partial charge is 0.393 e.